The lowest BCUT2D eigenvalue weighted by atomic mass is 10.1. The first-order valence-electron chi connectivity index (χ1n) is 8.82. The monoisotopic (exact) mass is 447 g/mol. The summed E-state index contributed by atoms with van der Waals surface area (Å²) in [6.07, 6.45) is 1.76. The number of nitrogens with one attached hydrogen (secondary N) is 1. The first-order chi connectivity index (χ1) is 12.9. The number of amidine groups is 1. The number of carbonyl (C=O) groups excluding carboxylic acids is 1. The van der Waals surface area contributed by atoms with Gasteiger partial charge in [-0.15, -0.1) is 0 Å². The number of hydrogen-bond donors (Lipinski definition) is 1. The summed E-state index contributed by atoms with van der Waals surface area (Å²) in [5.41, 5.74) is 3.04. The van der Waals surface area contributed by atoms with Crippen LogP contribution in [-0.4, -0.2) is 24.2 Å². The lowest BCUT2D eigenvalue weighted by Crippen LogP contribution is -2.20. The van der Waals surface area contributed by atoms with Crippen molar-refractivity contribution in [2.45, 2.75) is 27.7 Å². The van der Waals surface area contributed by atoms with Gasteiger partial charge < -0.3 is 14.6 Å². The second-order valence-corrected chi connectivity index (χ2v) is 8.05. The molecule has 1 aliphatic heterocycles. The van der Waals surface area contributed by atoms with Gasteiger partial charge in [-0.3, -0.25) is 4.79 Å². The Morgan fingerprint density at radius 1 is 1.22 bits per heavy atom. The fourth-order valence-electron chi connectivity index (χ4n) is 2.84. The molecule has 1 N–H and O–H groups in total. The molecule has 5 nitrogen and oxygen atoms in total. The number of thioether (sulfide) groups is 1. The number of halogens is 1. The van der Waals surface area contributed by atoms with Gasteiger partial charge in [0.1, 0.15) is 5.76 Å². The van der Waals surface area contributed by atoms with Crippen molar-refractivity contribution in [3.63, 3.8) is 0 Å². The highest BCUT2D eigenvalue weighted by Gasteiger charge is 2.24. The molecular weight excluding hydrogens is 426 g/mol. The fraction of sp³-hybridized carbons (Fsp3) is 0.300. The number of benzene rings is 1. The van der Waals surface area contributed by atoms with E-state index in [0.717, 1.165) is 40.3 Å². The molecule has 1 amide bonds. The average molecular weight is 448 g/mol. The molecule has 3 rings (SSSR count). The van der Waals surface area contributed by atoms with Gasteiger partial charge in [0, 0.05) is 29.7 Å². The maximum atomic E-state index is 12.3. The van der Waals surface area contributed by atoms with Gasteiger partial charge in [0.05, 0.1) is 10.6 Å². The summed E-state index contributed by atoms with van der Waals surface area (Å²) < 4.78 is 6.93. The minimum atomic E-state index is -0.162. The van der Waals surface area contributed by atoms with E-state index in [0.29, 0.717) is 15.8 Å². The number of anilines is 1. The van der Waals surface area contributed by atoms with Gasteiger partial charge in [-0.2, -0.15) is 0 Å². The Morgan fingerprint density at radius 2 is 1.89 bits per heavy atom. The van der Waals surface area contributed by atoms with E-state index in [9.17, 15) is 4.79 Å². The molecule has 1 aliphatic rings. The molecule has 0 atom stereocenters. The first kappa shape index (κ1) is 19.8. The molecule has 142 valence electrons. The Hall–Kier alpha value is -1.99. The van der Waals surface area contributed by atoms with Gasteiger partial charge in [-0.25, -0.2) is 4.99 Å². The number of aliphatic imine (C=N–C) groups is 1. The molecular formula is C20H22BrN3O2S. The summed E-state index contributed by atoms with van der Waals surface area (Å²) in [5, 5.41) is 3.39. The van der Waals surface area contributed by atoms with Gasteiger partial charge in [0.25, 0.3) is 5.91 Å². The van der Waals surface area contributed by atoms with E-state index in [1.54, 1.807) is 6.08 Å². The molecule has 0 unspecified atom stereocenters. The lowest BCUT2D eigenvalue weighted by molar-refractivity contribution is -0.115. The van der Waals surface area contributed by atoms with E-state index in [1.807, 2.05) is 38.1 Å². The van der Waals surface area contributed by atoms with Gasteiger partial charge in [-0.05, 0) is 68.8 Å². The molecule has 0 aliphatic carbocycles. The Balaban J connectivity index is 1.80. The predicted octanol–water partition coefficient (Wildman–Crippen LogP) is 5.40. The highest BCUT2D eigenvalue weighted by Crippen LogP contribution is 2.31. The van der Waals surface area contributed by atoms with E-state index < -0.39 is 0 Å². The molecule has 1 saturated heterocycles. The second-order valence-electron chi connectivity index (χ2n) is 6.22. The fourth-order valence-corrected chi connectivity index (χ4v) is 3.89. The molecule has 0 spiro atoms. The van der Waals surface area contributed by atoms with Crippen LogP contribution in [0.3, 0.4) is 0 Å². The summed E-state index contributed by atoms with van der Waals surface area (Å²) in [7, 11) is 0. The summed E-state index contributed by atoms with van der Waals surface area (Å²) in [6.45, 7) is 9.96. The maximum Gasteiger partial charge on any atom is 0.264 e. The zero-order chi connectivity index (χ0) is 19.6. The minimum Gasteiger partial charge on any atom is -0.441 e. The predicted molar refractivity (Wildman–Crippen MR) is 117 cm³/mol. The Kier molecular flexibility index (Phi) is 6.11. The van der Waals surface area contributed by atoms with E-state index in [2.05, 4.69) is 45.0 Å². The van der Waals surface area contributed by atoms with Crippen LogP contribution in [0.2, 0.25) is 0 Å². The van der Waals surface area contributed by atoms with Crippen molar-refractivity contribution in [1.82, 2.24) is 5.32 Å². The molecule has 2 heterocycles. The van der Waals surface area contributed by atoms with Gasteiger partial charge in [-0.1, -0.05) is 15.9 Å². The highest BCUT2D eigenvalue weighted by molar-refractivity contribution is 9.10. The highest BCUT2D eigenvalue weighted by atomic mass is 79.9. The van der Waals surface area contributed by atoms with E-state index in [1.165, 1.54) is 11.8 Å². The van der Waals surface area contributed by atoms with Crippen molar-refractivity contribution >= 4 is 56.4 Å². The van der Waals surface area contributed by atoms with E-state index in [-0.39, 0.29) is 5.91 Å². The van der Waals surface area contributed by atoms with Crippen molar-refractivity contribution in [3.05, 3.63) is 50.5 Å². The van der Waals surface area contributed by atoms with Crippen molar-refractivity contribution in [2.24, 2.45) is 4.99 Å². The molecule has 0 radical (unpaired) electrons. The summed E-state index contributed by atoms with van der Waals surface area (Å²) in [5.74, 6) is 1.31. The standard InChI is InChI=1S/C20H22BrN3O2S/c1-5-24(6-2)17-8-7-15(26-17)11-16-19(25)23-20(27-16)22-14-9-12(3)18(21)13(4)10-14/h7-11H,5-6H2,1-4H3,(H,22,23,25)/b16-11-. The normalized spacial score (nSPS) is 17.0. The van der Waals surface area contributed by atoms with Gasteiger partial charge in [0.15, 0.2) is 11.1 Å². The number of amides is 1. The van der Waals surface area contributed by atoms with Crippen LogP contribution in [0.5, 0.6) is 0 Å². The number of furan rings is 1. The number of nitrogens with zero attached hydrogens (tertiary/aromatic N) is 2. The van der Waals surface area contributed by atoms with Crippen molar-refractivity contribution in [2.75, 3.05) is 18.0 Å². The SMILES string of the molecule is CCN(CC)c1ccc(/C=C2\SC(=Nc3cc(C)c(Br)c(C)c3)NC2=O)o1. The summed E-state index contributed by atoms with van der Waals surface area (Å²) in [4.78, 5) is 19.5. The molecule has 1 aromatic carbocycles. The summed E-state index contributed by atoms with van der Waals surface area (Å²) >= 11 is 4.88. The van der Waals surface area contributed by atoms with Gasteiger partial charge >= 0.3 is 0 Å². The largest absolute Gasteiger partial charge is 0.441 e. The molecule has 0 saturated carbocycles. The molecule has 1 fully saturated rings. The lowest BCUT2D eigenvalue weighted by Gasteiger charge is -2.16. The molecule has 2 aromatic rings. The topological polar surface area (TPSA) is 57.8 Å². The van der Waals surface area contributed by atoms with Crippen LogP contribution >= 0.6 is 27.7 Å². The zero-order valence-electron chi connectivity index (χ0n) is 15.8. The molecule has 0 bridgehead atoms. The zero-order valence-corrected chi connectivity index (χ0v) is 18.2. The molecule has 1 aromatic heterocycles. The minimum absolute atomic E-state index is 0.162. The van der Waals surface area contributed by atoms with Crippen LogP contribution in [0.4, 0.5) is 11.6 Å². The van der Waals surface area contributed by atoms with Crippen molar-refractivity contribution in [3.8, 4) is 0 Å². The number of hydrogen-bond acceptors (Lipinski definition) is 5. The van der Waals surface area contributed by atoms with Crippen molar-refractivity contribution < 1.29 is 9.21 Å². The third kappa shape index (κ3) is 4.47. The quantitative estimate of drug-likeness (QED) is 0.623. The first-order valence-corrected chi connectivity index (χ1v) is 10.4. The van der Waals surface area contributed by atoms with Crippen LogP contribution in [0, 0.1) is 13.8 Å². The second kappa shape index (κ2) is 8.35. The van der Waals surface area contributed by atoms with E-state index >= 15 is 0 Å². The Morgan fingerprint density at radius 3 is 2.52 bits per heavy atom. The molecule has 27 heavy (non-hydrogen) atoms. The third-order valence-electron chi connectivity index (χ3n) is 4.26. The van der Waals surface area contributed by atoms with Crippen LogP contribution < -0.4 is 10.2 Å². The number of carbonyl (C=O) groups is 1. The van der Waals surface area contributed by atoms with Crippen LogP contribution in [-0.2, 0) is 4.79 Å². The molecule has 7 heteroatoms. The number of aryl methyl sites for hydroxylation is 2. The smallest absolute Gasteiger partial charge is 0.264 e. The third-order valence-corrected chi connectivity index (χ3v) is 6.42. The Labute approximate surface area is 172 Å². The van der Waals surface area contributed by atoms with E-state index in [4.69, 9.17) is 4.42 Å². The van der Waals surface area contributed by atoms with Crippen LogP contribution in [0.25, 0.3) is 6.08 Å². The van der Waals surface area contributed by atoms with Crippen LogP contribution in [0.1, 0.15) is 30.7 Å². The van der Waals surface area contributed by atoms with Crippen molar-refractivity contribution in [1.29, 1.82) is 0 Å². The maximum absolute atomic E-state index is 12.3. The number of rotatable bonds is 5. The average Bonchev–Trinajstić information content (AvgIpc) is 3.21. The van der Waals surface area contributed by atoms with Crippen LogP contribution in [0.15, 0.2) is 43.1 Å². The van der Waals surface area contributed by atoms with Gasteiger partial charge in [0.2, 0.25) is 0 Å². The summed E-state index contributed by atoms with van der Waals surface area (Å²) in [6, 6.07) is 7.78. The Bertz CT molecular complexity index is 906.